The molecule has 6 nitrogen and oxygen atoms in total. The van der Waals surface area contributed by atoms with Gasteiger partial charge in [-0.05, 0) is 30.7 Å². The van der Waals surface area contributed by atoms with E-state index in [0.29, 0.717) is 17.8 Å². The van der Waals surface area contributed by atoms with E-state index in [2.05, 4.69) is 15.8 Å². The lowest BCUT2D eigenvalue weighted by Gasteiger charge is -2.05. The van der Waals surface area contributed by atoms with Gasteiger partial charge in [0.2, 0.25) is 11.6 Å². The number of nitrogens with zero attached hydrogens (tertiary/aromatic N) is 3. The topological polar surface area (TPSA) is 101 Å². The van der Waals surface area contributed by atoms with Crippen LogP contribution in [0, 0.1) is 22.7 Å². The summed E-state index contributed by atoms with van der Waals surface area (Å²) in [7, 11) is 0. The van der Waals surface area contributed by atoms with Crippen molar-refractivity contribution in [2.75, 3.05) is 10.7 Å². The fourth-order valence-electron chi connectivity index (χ4n) is 1.27. The van der Waals surface area contributed by atoms with Crippen molar-refractivity contribution in [2.24, 2.45) is 5.10 Å². The minimum atomic E-state index is -0.250. The van der Waals surface area contributed by atoms with Crippen LogP contribution < -0.4 is 10.7 Å². The van der Waals surface area contributed by atoms with E-state index in [9.17, 15) is 4.79 Å². The van der Waals surface area contributed by atoms with E-state index in [1.807, 2.05) is 6.92 Å². The number of carbonyl (C=O) groups is 1. The Hall–Kier alpha value is -2.86. The molecule has 1 aromatic carbocycles. The van der Waals surface area contributed by atoms with Crippen LogP contribution in [0.15, 0.2) is 29.4 Å². The summed E-state index contributed by atoms with van der Waals surface area (Å²) < 4.78 is 0. The Balaban J connectivity index is 2.63. The van der Waals surface area contributed by atoms with Gasteiger partial charge in [0.15, 0.2) is 0 Å². The Morgan fingerprint density at radius 1 is 1.21 bits per heavy atom. The average Bonchev–Trinajstić information content (AvgIpc) is 2.42. The maximum Gasteiger partial charge on any atom is 0.237 e. The van der Waals surface area contributed by atoms with E-state index in [0.717, 1.165) is 6.42 Å². The molecule has 0 spiro atoms. The highest BCUT2D eigenvalue weighted by Crippen LogP contribution is 2.13. The van der Waals surface area contributed by atoms with Crippen LogP contribution in [-0.2, 0) is 4.79 Å². The van der Waals surface area contributed by atoms with Gasteiger partial charge in [0, 0.05) is 12.1 Å². The number of hydrogen-bond donors (Lipinski definition) is 2. The highest BCUT2D eigenvalue weighted by molar-refractivity contribution is 6.10. The third kappa shape index (κ3) is 4.88. The van der Waals surface area contributed by atoms with E-state index in [1.165, 1.54) is 0 Å². The van der Waals surface area contributed by atoms with E-state index in [4.69, 9.17) is 10.5 Å². The average molecular weight is 255 g/mol. The van der Waals surface area contributed by atoms with Crippen molar-refractivity contribution in [3.63, 3.8) is 0 Å². The first-order chi connectivity index (χ1) is 9.19. The van der Waals surface area contributed by atoms with E-state index >= 15 is 0 Å². The molecule has 0 heterocycles. The summed E-state index contributed by atoms with van der Waals surface area (Å²) in [6.07, 6.45) is 1.28. The number of amides is 1. The largest absolute Gasteiger partial charge is 0.326 e. The molecular weight excluding hydrogens is 242 g/mol. The molecule has 1 aromatic rings. The smallest absolute Gasteiger partial charge is 0.237 e. The molecule has 0 bridgehead atoms. The Morgan fingerprint density at radius 3 is 2.32 bits per heavy atom. The lowest BCUT2D eigenvalue weighted by atomic mass is 10.2. The normalized spacial score (nSPS) is 8.79. The molecule has 2 N–H and O–H groups in total. The Labute approximate surface area is 111 Å². The SMILES string of the molecule is CCCC(=O)Nc1ccc(NN=C(C#N)C#N)cc1. The maximum atomic E-state index is 11.4. The van der Waals surface area contributed by atoms with Gasteiger partial charge in [-0.3, -0.25) is 10.2 Å². The Bertz CT molecular complexity index is 532. The van der Waals surface area contributed by atoms with E-state index < -0.39 is 0 Å². The second-order valence-electron chi connectivity index (χ2n) is 3.67. The van der Waals surface area contributed by atoms with Gasteiger partial charge >= 0.3 is 0 Å². The van der Waals surface area contributed by atoms with Crippen LogP contribution in [0.5, 0.6) is 0 Å². The first-order valence-corrected chi connectivity index (χ1v) is 5.73. The molecule has 0 fully saturated rings. The van der Waals surface area contributed by atoms with Gasteiger partial charge in [-0.25, -0.2) is 0 Å². The maximum absolute atomic E-state index is 11.4. The predicted octanol–water partition coefficient (Wildman–Crippen LogP) is 2.24. The summed E-state index contributed by atoms with van der Waals surface area (Å²) in [5.74, 6) is -0.0301. The third-order valence-electron chi connectivity index (χ3n) is 2.15. The number of benzene rings is 1. The van der Waals surface area contributed by atoms with Crippen molar-refractivity contribution in [3.05, 3.63) is 24.3 Å². The molecule has 19 heavy (non-hydrogen) atoms. The summed E-state index contributed by atoms with van der Waals surface area (Å²) in [4.78, 5) is 11.4. The monoisotopic (exact) mass is 255 g/mol. The summed E-state index contributed by atoms with van der Waals surface area (Å²) >= 11 is 0. The van der Waals surface area contributed by atoms with Crippen LogP contribution in [0.25, 0.3) is 0 Å². The number of nitriles is 2. The van der Waals surface area contributed by atoms with Gasteiger partial charge in [0.1, 0.15) is 12.1 Å². The molecule has 1 amide bonds. The van der Waals surface area contributed by atoms with Crippen molar-refractivity contribution < 1.29 is 4.79 Å². The highest BCUT2D eigenvalue weighted by Gasteiger charge is 2.00. The van der Waals surface area contributed by atoms with Crippen LogP contribution in [0.2, 0.25) is 0 Å². The molecule has 0 unspecified atom stereocenters. The van der Waals surface area contributed by atoms with Crippen LogP contribution >= 0.6 is 0 Å². The number of rotatable bonds is 5. The zero-order valence-electron chi connectivity index (χ0n) is 10.5. The molecule has 0 aromatic heterocycles. The van der Waals surface area contributed by atoms with Gasteiger partial charge in [-0.2, -0.15) is 15.6 Å². The summed E-state index contributed by atoms with van der Waals surface area (Å²) in [6.45, 7) is 1.94. The number of hydrazone groups is 1. The molecule has 0 aliphatic heterocycles. The summed E-state index contributed by atoms with van der Waals surface area (Å²) in [6, 6.07) is 10.1. The van der Waals surface area contributed by atoms with Gasteiger partial charge in [0.05, 0.1) is 5.69 Å². The molecule has 6 heteroatoms. The quantitative estimate of drug-likeness (QED) is 0.622. The van der Waals surface area contributed by atoms with Crippen molar-refractivity contribution in [3.8, 4) is 12.1 Å². The van der Waals surface area contributed by atoms with Crippen LogP contribution in [-0.4, -0.2) is 11.6 Å². The van der Waals surface area contributed by atoms with Gasteiger partial charge in [0.25, 0.3) is 0 Å². The molecule has 0 aliphatic carbocycles. The van der Waals surface area contributed by atoms with Crippen molar-refractivity contribution in [1.29, 1.82) is 10.5 Å². The first kappa shape index (κ1) is 14.2. The number of hydrogen-bond acceptors (Lipinski definition) is 5. The Kier molecular flexibility index (Phi) is 5.58. The zero-order valence-corrected chi connectivity index (χ0v) is 10.5. The molecular formula is C13H13N5O. The van der Waals surface area contributed by atoms with Gasteiger partial charge in [-0.1, -0.05) is 6.92 Å². The molecule has 0 radical (unpaired) electrons. The third-order valence-corrected chi connectivity index (χ3v) is 2.15. The molecule has 96 valence electrons. The second kappa shape index (κ2) is 7.46. The highest BCUT2D eigenvalue weighted by atomic mass is 16.1. The lowest BCUT2D eigenvalue weighted by Crippen LogP contribution is -2.10. The van der Waals surface area contributed by atoms with E-state index in [-0.39, 0.29) is 11.6 Å². The number of carbonyl (C=O) groups excluding carboxylic acids is 1. The number of nitrogens with one attached hydrogen (secondary N) is 2. The van der Waals surface area contributed by atoms with E-state index in [1.54, 1.807) is 36.4 Å². The first-order valence-electron chi connectivity index (χ1n) is 5.73. The standard InChI is InChI=1S/C13H13N5O/c1-2-3-13(19)16-10-4-6-11(7-5-10)17-18-12(8-14)9-15/h4-7,17H,2-3H2,1H3,(H,16,19). The molecule has 0 saturated heterocycles. The van der Waals surface area contributed by atoms with Crippen molar-refractivity contribution in [1.82, 2.24) is 0 Å². The zero-order chi connectivity index (χ0) is 14.1. The van der Waals surface area contributed by atoms with Crippen molar-refractivity contribution in [2.45, 2.75) is 19.8 Å². The molecule has 0 saturated carbocycles. The minimum absolute atomic E-state index is 0.0301. The van der Waals surface area contributed by atoms with Crippen molar-refractivity contribution >= 4 is 23.0 Å². The van der Waals surface area contributed by atoms with Crippen LogP contribution in [0.1, 0.15) is 19.8 Å². The molecule has 0 aliphatic rings. The summed E-state index contributed by atoms with van der Waals surface area (Å²) in [5, 5.41) is 23.4. The lowest BCUT2D eigenvalue weighted by molar-refractivity contribution is -0.116. The fraction of sp³-hybridized carbons (Fsp3) is 0.231. The predicted molar refractivity (Wildman–Crippen MR) is 72.3 cm³/mol. The van der Waals surface area contributed by atoms with Gasteiger partial charge in [-0.15, -0.1) is 0 Å². The summed E-state index contributed by atoms with van der Waals surface area (Å²) in [5.41, 5.74) is 3.64. The fourth-order valence-corrected chi connectivity index (χ4v) is 1.27. The van der Waals surface area contributed by atoms with Crippen LogP contribution in [0.4, 0.5) is 11.4 Å². The minimum Gasteiger partial charge on any atom is -0.326 e. The van der Waals surface area contributed by atoms with Crippen LogP contribution in [0.3, 0.4) is 0 Å². The number of anilines is 2. The second-order valence-corrected chi connectivity index (χ2v) is 3.67. The van der Waals surface area contributed by atoms with Gasteiger partial charge < -0.3 is 5.32 Å². The Morgan fingerprint density at radius 2 is 1.79 bits per heavy atom. The molecule has 1 rings (SSSR count). The molecule has 0 atom stereocenters.